The largest absolute Gasteiger partial charge is 0.297 e. The van der Waals surface area contributed by atoms with Gasteiger partial charge in [0.1, 0.15) is 0 Å². The van der Waals surface area contributed by atoms with Gasteiger partial charge in [-0.1, -0.05) is 19.9 Å². The summed E-state index contributed by atoms with van der Waals surface area (Å²) in [6.45, 7) is 14.1. The van der Waals surface area contributed by atoms with Crippen molar-refractivity contribution in [1.82, 2.24) is 4.90 Å². The van der Waals surface area contributed by atoms with Gasteiger partial charge in [0.25, 0.3) is 0 Å². The van der Waals surface area contributed by atoms with E-state index in [1.807, 2.05) is 19.9 Å². The van der Waals surface area contributed by atoms with E-state index < -0.39 is 0 Å². The Morgan fingerprint density at radius 2 is 1.88 bits per heavy atom. The minimum absolute atomic E-state index is 0.0879. The predicted octanol–water partition coefficient (Wildman–Crippen LogP) is 3.67. The van der Waals surface area contributed by atoms with E-state index in [1.54, 1.807) is 0 Å². The lowest BCUT2D eigenvalue weighted by Crippen LogP contribution is -2.54. The van der Waals surface area contributed by atoms with Crippen molar-refractivity contribution in [3.05, 3.63) is 12.7 Å². The van der Waals surface area contributed by atoms with Gasteiger partial charge in [0.05, 0.1) is 5.54 Å². The van der Waals surface area contributed by atoms with Crippen LogP contribution in [0, 0.1) is 5.92 Å². The summed E-state index contributed by atoms with van der Waals surface area (Å²) in [5.74, 6) is 0.433. The van der Waals surface area contributed by atoms with Gasteiger partial charge >= 0.3 is 0 Å². The molecule has 0 heterocycles. The molecular formula is C15H29NO. The monoisotopic (exact) mass is 239 g/mol. The second-order valence-corrected chi connectivity index (χ2v) is 5.68. The number of unbranched alkanes of at least 4 members (excludes halogenated alkanes) is 1. The van der Waals surface area contributed by atoms with Gasteiger partial charge in [0.2, 0.25) is 0 Å². The van der Waals surface area contributed by atoms with Crippen LogP contribution >= 0.6 is 0 Å². The molecule has 0 fully saturated rings. The summed E-state index contributed by atoms with van der Waals surface area (Å²) in [6, 6.07) is 0.381. The Bertz CT molecular complexity index is 258. The summed E-state index contributed by atoms with van der Waals surface area (Å²) in [6.07, 6.45) is 4.84. The topological polar surface area (TPSA) is 20.3 Å². The smallest absolute Gasteiger partial charge is 0.155 e. The Balaban J connectivity index is 4.92. The van der Waals surface area contributed by atoms with Crippen LogP contribution in [0.25, 0.3) is 0 Å². The molecule has 0 rings (SSSR count). The van der Waals surface area contributed by atoms with Gasteiger partial charge in [-0.15, -0.1) is 6.58 Å². The summed E-state index contributed by atoms with van der Waals surface area (Å²) in [5, 5.41) is 0. The summed E-state index contributed by atoms with van der Waals surface area (Å²) >= 11 is 0. The zero-order chi connectivity index (χ0) is 13.6. The highest BCUT2D eigenvalue weighted by Crippen LogP contribution is 2.27. The number of likely N-dealkylation sites (N-methyl/N-ethyl adjacent to an activating group) is 1. The zero-order valence-electron chi connectivity index (χ0n) is 12.4. The van der Waals surface area contributed by atoms with Crippen LogP contribution in [0.1, 0.15) is 53.9 Å². The maximum atomic E-state index is 12.4. The van der Waals surface area contributed by atoms with Crippen LogP contribution in [-0.4, -0.2) is 29.3 Å². The number of ketones is 1. The lowest BCUT2D eigenvalue weighted by molar-refractivity contribution is -0.134. The van der Waals surface area contributed by atoms with Crippen LogP contribution in [0.4, 0.5) is 0 Å². The van der Waals surface area contributed by atoms with Gasteiger partial charge in [-0.3, -0.25) is 9.69 Å². The van der Waals surface area contributed by atoms with Crippen molar-refractivity contribution in [2.45, 2.75) is 65.5 Å². The number of carbonyl (C=O) groups excluding carboxylic acids is 1. The fraction of sp³-hybridized carbons (Fsp3) is 0.800. The Labute approximate surface area is 107 Å². The predicted molar refractivity (Wildman–Crippen MR) is 75.2 cm³/mol. The number of hydrogen-bond acceptors (Lipinski definition) is 2. The minimum Gasteiger partial charge on any atom is -0.297 e. The number of nitrogens with zero attached hydrogens (tertiary/aromatic N) is 1. The van der Waals surface area contributed by atoms with E-state index >= 15 is 0 Å². The maximum Gasteiger partial charge on any atom is 0.155 e. The lowest BCUT2D eigenvalue weighted by Gasteiger charge is -2.41. The molecule has 2 heteroatoms. The van der Waals surface area contributed by atoms with Crippen LogP contribution in [0.15, 0.2) is 12.7 Å². The molecule has 0 aliphatic carbocycles. The van der Waals surface area contributed by atoms with E-state index in [0.717, 1.165) is 19.3 Å². The quantitative estimate of drug-likeness (QED) is 0.476. The molecule has 0 bridgehead atoms. The molecule has 0 N–H and O–H groups in total. The van der Waals surface area contributed by atoms with Crippen LogP contribution in [-0.2, 0) is 4.79 Å². The van der Waals surface area contributed by atoms with Crippen LogP contribution in [0.3, 0.4) is 0 Å². The highest BCUT2D eigenvalue weighted by atomic mass is 16.1. The van der Waals surface area contributed by atoms with Gasteiger partial charge in [0, 0.05) is 12.0 Å². The minimum atomic E-state index is -0.342. The third-order valence-corrected chi connectivity index (χ3v) is 3.68. The van der Waals surface area contributed by atoms with Crippen molar-refractivity contribution in [2.24, 2.45) is 5.92 Å². The molecule has 0 aromatic rings. The average molecular weight is 239 g/mol. The molecule has 0 radical (unpaired) electrons. The van der Waals surface area contributed by atoms with E-state index in [1.165, 1.54) is 0 Å². The second-order valence-electron chi connectivity index (χ2n) is 5.68. The highest BCUT2D eigenvalue weighted by Gasteiger charge is 2.38. The molecule has 1 atom stereocenters. The Kier molecular flexibility index (Phi) is 6.69. The van der Waals surface area contributed by atoms with Crippen molar-refractivity contribution in [3.8, 4) is 0 Å². The van der Waals surface area contributed by atoms with Crippen molar-refractivity contribution in [3.63, 3.8) is 0 Å². The van der Waals surface area contributed by atoms with E-state index in [-0.39, 0.29) is 11.5 Å². The third-order valence-electron chi connectivity index (χ3n) is 3.68. The molecule has 0 aliphatic heterocycles. The maximum absolute atomic E-state index is 12.4. The lowest BCUT2D eigenvalue weighted by atomic mass is 9.82. The van der Waals surface area contributed by atoms with Gasteiger partial charge in [-0.2, -0.15) is 0 Å². The molecule has 0 saturated heterocycles. The summed E-state index contributed by atoms with van der Waals surface area (Å²) in [4.78, 5) is 14.6. The average Bonchev–Trinajstić information content (AvgIpc) is 2.26. The molecular weight excluding hydrogens is 210 g/mol. The van der Waals surface area contributed by atoms with Crippen molar-refractivity contribution >= 4 is 5.78 Å². The van der Waals surface area contributed by atoms with E-state index in [9.17, 15) is 4.79 Å². The molecule has 0 saturated carbocycles. The first kappa shape index (κ1) is 16.4. The fourth-order valence-electron chi connectivity index (χ4n) is 2.26. The van der Waals surface area contributed by atoms with E-state index in [4.69, 9.17) is 0 Å². The summed E-state index contributed by atoms with van der Waals surface area (Å²) < 4.78 is 0. The Morgan fingerprint density at radius 1 is 1.35 bits per heavy atom. The number of rotatable bonds is 8. The number of hydrogen-bond donors (Lipinski definition) is 0. The fourth-order valence-corrected chi connectivity index (χ4v) is 2.26. The third kappa shape index (κ3) is 4.27. The van der Waals surface area contributed by atoms with Gasteiger partial charge in [-0.05, 0) is 47.1 Å². The first-order valence-corrected chi connectivity index (χ1v) is 6.65. The Hall–Kier alpha value is -0.630. The first-order chi connectivity index (χ1) is 7.77. The summed E-state index contributed by atoms with van der Waals surface area (Å²) in [5.41, 5.74) is -0.342. The molecule has 0 spiro atoms. The van der Waals surface area contributed by atoms with E-state index in [2.05, 4.69) is 39.3 Å². The van der Waals surface area contributed by atoms with E-state index in [0.29, 0.717) is 11.8 Å². The molecule has 0 aliphatic rings. The van der Waals surface area contributed by atoms with Crippen molar-refractivity contribution < 1.29 is 4.79 Å². The zero-order valence-corrected chi connectivity index (χ0v) is 12.4. The van der Waals surface area contributed by atoms with Gasteiger partial charge < -0.3 is 0 Å². The molecule has 0 amide bonds. The number of allylic oxidation sites excluding steroid dienone is 1. The number of carbonyl (C=O) groups is 1. The van der Waals surface area contributed by atoms with Gasteiger partial charge in [0.15, 0.2) is 5.78 Å². The summed E-state index contributed by atoms with van der Waals surface area (Å²) in [7, 11) is 2.05. The van der Waals surface area contributed by atoms with Crippen molar-refractivity contribution in [2.75, 3.05) is 7.05 Å². The molecule has 2 nitrogen and oxygen atoms in total. The Morgan fingerprint density at radius 3 is 2.24 bits per heavy atom. The van der Waals surface area contributed by atoms with Crippen LogP contribution < -0.4 is 0 Å². The second kappa shape index (κ2) is 6.95. The molecule has 0 unspecified atom stereocenters. The molecule has 100 valence electrons. The standard InChI is InChI=1S/C15H29NO/c1-8-9-10-11-15(6,14(17)12(2)3)16(7)13(4)5/h8,12-13H,1,9-11H2,2-7H3/t15-/m0/s1. The SMILES string of the molecule is C=CCCC[C@@](C)(C(=O)C(C)C)N(C)C(C)C. The number of Topliss-reactive ketones (excluding diaryl/α,β-unsaturated/α-hetero) is 1. The molecule has 17 heavy (non-hydrogen) atoms. The highest BCUT2D eigenvalue weighted by molar-refractivity contribution is 5.89. The molecule has 0 aromatic heterocycles. The van der Waals surface area contributed by atoms with Crippen LogP contribution in [0.2, 0.25) is 0 Å². The van der Waals surface area contributed by atoms with Crippen molar-refractivity contribution in [1.29, 1.82) is 0 Å². The first-order valence-electron chi connectivity index (χ1n) is 6.65. The molecule has 0 aromatic carbocycles. The normalized spacial score (nSPS) is 15.4. The van der Waals surface area contributed by atoms with Gasteiger partial charge in [-0.25, -0.2) is 0 Å². The van der Waals surface area contributed by atoms with Crippen LogP contribution in [0.5, 0.6) is 0 Å².